The number of amides is 1. The molecule has 1 saturated heterocycles. The predicted octanol–water partition coefficient (Wildman–Crippen LogP) is 7.32. The molecule has 0 spiro atoms. The number of nitrogens with zero attached hydrogens (tertiary/aromatic N) is 2. The number of rotatable bonds is 4. The van der Waals surface area contributed by atoms with E-state index in [1.165, 1.54) is 16.2 Å². The number of hydrogen-bond donors (Lipinski definition) is 1. The van der Waals surface area contributed by atoms with Crippen molar-refractivity contribution in [2.75, 3.05) is 4.90 Å². The van der Waals surface area contributed by atoms with Crippen molar-refractivity contribution in [3.05, 3.63) is 99.1 Å². The average Bonchev–Trinajstić information content (AvgIpc) is 3.38. The summed E-state index contributed by atoms with van der Waals surface area (Å²) in [7, 11) is 0. The molecule has 182 valence electrons. The zero-order valence-corrected chi connectivity index (χ0v) is 21.9. The van der Waals surface area contributed by atoms with Crippen LogP contribution in [0.15, 0.2) is 66.2 Å². The first-order chi connectivity index (χ1) is 17.2. The van der Waals surface area contributed by atoms with E-state index in [0.29, 0.717) is 21.6 Å². The molecule has 1 fully saturated rings. The fourth-order valence-corrected chi connectivity index (χ4v) is 5.93. The number of aromatic nitrogens is 1. The summed E-state index contributed by atoms with van der Waals surface area (Å²) in [5.41, 5.74) is 5.21. The number of carbonyl (C=O) groups is 2. The van der Waals surface area contributed by atoms with Gasteiger partial charge >= 0.3 is 5.91 Å². The lowest BCUT2D eigenvalue weighted by molar-refractivity contribution is -0.132. The minimum Gasteiger partial charge on any atom is -0.507 e. The Balaban J connectivity index is 1.73. The fraction of sp³-hybridized carbons (Fsp3) is 0.207. The number of carbonyl (C=O) groups excluding carboxylic acids is 2. The largest absolute Gasteiger partial charge is 0.507 e. The van der Waals surface area contributed by atoms with E-state index in [2.05, 4.69) is 13.8 Å². The number of aryl methyl sites for hydroxylation is 2. The number of aliphatic hydroxyl groups is 1. The second-order valence-corrected chi connectivity index (χ2v) is 10.9. The van der Waals surface area contributed by atoms with Crippen LogP contribution in [0.5, 0.6) is 0 Å². The summed E-state index contributed by atoms with van der Waals surface area (Å²) in [5, 5.41) is 12.2. The van der Waals surface area contributed by atoms with Gasteiger partial charge in [0.05, 0.1) is 21.8 Å². The summed E-state index contributed by atoms with van der Waals surface area (Å²) in [6, 6.07) is 17.6. The van der Waals surface area contributed by atoms with Crippen molar-refractivity contribution >= 4 is 55.7 Å². The van der Waals surface area contributed by atoms with Gasteiger partial charge in [-0.1, -0.05) is 67.1 Å². The fourth-order valence-electron chi connectivity index (χ4n) is 4.63. The van der Waals surface area contributed by atoms with Gasteiger partial charge in [0, 0.05) is 10.6 Å². The van der Waals surface area contributed by atoms with Crippen LogP contribution in [0.3, 0.4) is 0 Å². The molecule has 1 amide bonds. The molecule has 0 aliphatic carbocycles. The quantitative estimate of drug-likeness (QED) is 0.175. The van der Waals surface area contributed by atoms with E-state index in [-0.39, 0.29) is 11.3 Å². The number of Topliss-reactive ketones (excluding diaryl/α,β-unsaturated/α-hetero) is 1. The van der Waals surface area contributed by atoms with Crippen molar-refractivity contribution in [2.45, 2.75) is 39.7 Å². The summed E-state index contributed by atoms with van der Waals surface area (Å²) < 4.78 is 0.941. The molecule has 3 aromatic carbocycles. The maximum atomic E-state index is 13.5. The number of thiazole rings is 1. The molecule has 1 aromatic heterocycles. The van der Waals surface area contributed by atoms with E-state index in [9.17, 15) is 14.7 Å². The van der Waals surface area contributed by atoms with Crippen molar-refractivity contribution in [1.29, 1.82) is 0 Å². The van der Waals surface area contributed by atoms with Gasteiger partial charge in [-0.05, 0) is 72.4 Å². The van der Waals surface area contributed by atoms with Crippen molar-refractivity contribution in [3.63, 3.8) is 0 Å². The molecule has 36 heavy (non-hydrogen) atoms. The van der Waals surface area contributed by atoms with Crippen molar-refractivity contribution < 1.29 is 14.7 Å². The number of aliphatic hydroxyl groups excluding tert-OH is 1. The maximum Gasteiger partial charge on any atom is 0.301 e. The molecule has 1 atom stereocenters. The number of hydrogen-bond acceptors (Lipinski definition) is 5. The lowest BCUT2D eigenvalue weighted by Crippen LogP contribution is -2.29. The topological polar surface area (TPSA) is 70.5 Å². The van der Waals surface area contributed by atoms with Gasteiger partial charge in [-0.2, -0.15) is 0 Å². The minimum atomic E-state index is -0.816. The Morgan fingerprint density at radius 1 is 1.03 bits per heavy atom. The summed E-state index contributed by atoms with van der Waals surface area (Å²) in [4.78, 5) is 33.1. The maximum absolute atomic E-state index is 13.5. The average molecular weight is 517 g/mol. The molecule has 0 radical (unpaired) electrons. The second kappa shape index (κ2) is 9.19. The molecule has 1 unspecified atom stereocenters. The van der Waals surface area contributed by atoms with Crippen LogP contribution in [0, 0.1) is 13.8 Å². The van der Waals surface area contributed by atoms with E-state index < -0.39 is 17.7 Å². The van der Waals surface area contributed by atoms with Crippen LogP contribution >= 0.6 is 22.9 Å². The number of ketones is 1. The highest BCUT2D eigenvalue weighted by molar-refractivity contribution is 7.22. The normalized spacial score (nSPS) is 17.5. The SMILES string of the molecule is Cc1cc(C)c2nc(N3C(=O)C(=O)/C(=C(\O)c4ccc(Cl)cc4)C3c3ccc(C(C)C)cc3)sc2c1. The smallest absolute Gasteiger partial charge is 0.301 e. The van der Waals surface area contributed by atoms with Gasteiger partial charge < -0.3 is 5.11 Å². The van der Waals surface area contributed by atoms with E-state index in [0.717, 1.165) is 32.5 Å². The number of benzene rings is 3. The molecule has 7 heteroatoms. The summed E-state index contributed by atoms with van der Waals surface area (Å²) in [6.07, 6.45) is 0. The van der Waals surface area contributed by atoms with E-state index in [4.69, 9.17) is 16.6 Å². The molecule has 2 heterocycles. The molecular formula is C29H25ClN2O3S. The number of anilines is 1. The Morgan fingerprint density at radius 2 is 1.69 bits per heavy atom. The summed E-state index contributed by atoms with van der Waals surface area (Å²) in [5.74, 6) is -1.36. The highest BCUT2D eigenvalue weighted by Gasteiger charge is 2.48. The molecule has 1 aliphatic heterocycles. The van der Waals surface area contributed by atoms with Crippen LogP contribution < -0.4 is 4.90 Å². The van der Waals surface area contributed by atoms with Crippen LogP contribution in [-0.2, 0) is 9.59 Å². The summed E-state index contributed by atoms with van der Waals surface area (Å²) >= 11 is 7.39. The van der Waals surface area contributed by atoms with Gasteiger partial charge in [0.2, 0.25) is 0 Å². The third-order valence-corrected chi connectivity index (χ3v) is 7.76. The van der Waals surface area contributed by atoms with Gasteiger partial charge in [0.1, 0.15) is 5.76 Å². The van der Waals surface area contributed by atoms with Crippen molar-refractivity contribution in [1.82, 2.24) is 4.98 Å². The highest BCUT2D eigenvalue weighted by Crippen LogP contribution is 2.45. The molecule has 5 nitrogen and oxygen atoms in total. The lowest BCUT2D eigenvalue weighted by Gasteiger charge is -2.23. The first-order valence-corrected chi connectivity index (χ1v) is 12.9. The van der Waals surface area contributed by atoms with Gasteiger partial charge in [-0.3, -0.25) is 14.5 Å². The highest BCUT2D eigenvalue weighted by atomic mass is 35.5. The second-order valence-electron chi connectivity index (χ2n) is 9.42. The van der Waals surface area contributed by atoms with Crippen LogP contribution in [0.2, 0.25) is 5.02 Å². The van der Waals surface area contributed by atoms with Gasteiger partial charge in [0.15, 0.2) is 5.13 Å². The Bertz CT molecular complexity index is 1540. The molecule has 4 aromatic rings. The zero-order chi connectivity index (χ0) is 25.7. The monoisotopic (exact) mass is 516 g/mol. The lowest BCUT2D eigenvalue weighted by atomic mass is 9.93. The van der Waals surface area contributed by atoms with E-state index in [1.807, 2.05) is 50.2 Å². The van der Waals surface area contributed by atoms with Crippen LogP contribution in [0.4, 0.5) is 5.13 Å². The molecule has 1 N–H and O–H groups in total. The molecule has 1 aliphatic rings. The van der Waals surface area contributed by atoms with Gasteiger partial charge in [-0.25, -0.2) is 4.98 Å². The minimum absolute atomic E-state index is 0.0341. The third kappa shape index (κ3) is 4.10. The van der Waals surface area contributed by atoms with Gasteiger partial charge in [0.25, 0.3) is 5.78 Å². The van der Waals surface area contributed by atoms with Crippen LogP contribution in [0.1, 0.15) is 53.6 Å². The Kier molecular flexibility index (Phi) is 6.18. The Labute approximate surface area is 218 Å². The van der Waals surface area contributed by atoms with Crippen LogP contribution in [0.25, 0.3) is 16.0 Å². The van der Waals surface area contributed by atoms with E-state index in [1.54, 1.807) is 24.3 Å². The Morgan fingerprint density at radius 3 is 2.33 bits per heavy atom. The third-order valence-electron chi connectivity index (χ3n) is 6.51. The molecule has 5 rings (SSSR count). The van der Waals surface area contributed by atoms with Gasteiger partial charge in [-0.15, -0.1) is 0 Å². The first-order valence-electron chi connectivity index (χ1n) is 11.7. The number of fused-ring (bicyclic) bond motifs is 1. The van der Waals surface area contributed by atoms with E-state index >= 15 is 0 Å². The molecule has 0 bridgehead atoms. The van der Waals surface area contributed by atoms with Crippen molar-refractivity contribution in [2.24, 2.45) is 0 Å². The standard InChI is InChI=1S/C29H25ClN2O3S/c1-15(2)18-5-7-19(8-6-18)25-23(26(33)20-9-11-21(30)12-10-20)27(34)28(35)32(25)29-31-24-17(4)13-16(3)14-22(24)36-29/h5-15,25,33H,1-4H3/b26-23-. The molecule has 0 saturated carbocycles. The summed E-state index contributed by atoms with van der Waals surface area (Å²) in [6.45, 7) is 8.20. The van der Waals surface area contributed by atoms with Crippen molar-refractivity contribution in [3.8, 4) is 0 Å². The Hall–Kier alpha value is -3.48. The molecular weight excluding hydrogens is 492 g/mol. The van der Waals surface area contributed by atoms with Crippen LogP contribution in [-0.4, -0.2) is 21.8 Å². The first kappa shape index (κ1) is 24.2. The zero-order valence-electron chi connectivity index (χ0n) is 20.4. The number of halogens is 1. The predicted molar refractivity (Wildman–Crippen MR) is 146 cm³/mol.